The van der Waals surface area contributed by atoms with E-state index >= 15 is 0 Å². The van der Waals surface area contributed by atoms with E-state index in [1.807, 2.05) is 12.2 Å². The molecular weight excluding hydrogens is 669 g/mol. The highest BCUT2D eigenvalue weighted by atomic mass is 31.2. The van der Waals surface area contributed by atoms with Gasteiger partial charge in [-0.3, -0.25) is 18.6 Å². The summed E-state index contributed by atoms with van der Waals surface area (Å²) in [6.45, 7) is 3.42. The Morgan fingerprint density at radius 1 is 0.627 bits per heavy atom. The van der Waals surface area contributed by atoms with Crippen LogP contribution < -0.4 is 5.73 Å². The highest BCUT2D eigenvalue weighted by Gasteiger charge is 2.27. The van der Waals surface area contributed by atoms with E-state index in [-0.39, 0.29) is 13.0 Å². The molecule has 0 aromatic heterocycles. The molecule has 0 fully saturated rings. The summed E-state index contributed by atoms with van der Waals surface area (Å²) in [4.78, 5) is 33.3. The Morgan fingerprint density at radius 3 is 1.59 bits per heavy atom. The summed E-state index contributed by atoms with van der Waals surface area (Å²) in [5.74, 6) is -1.94. The standard InChI is InChI=1S/C40H64NO9P/c1-3-5-7-9-11-13-15-17-19-20-22-24-26-28-30-32-39(42)50-37(35-48-51(45,46)49-36-38(41)40(43)44)34-47-33-31-29-27-25-23-21-18-16-14-12-10-8-6-4-2/h5-8,11-14,17-19,21-22,24,28,30,37-38H,3-4,9-10,15-16,20,23,25-27,29,31-36,41H2,1-2H3,(H,43,44)(H,45,46)/b7-5-,8-6-,13-11-,14-12-,19-17-,21-18-,24-22-,30-28-. The Kier molecular flexibility index (Phi) is 33.1. The second-order valence-corrected chi connectivity index (χ2v) is 13.1. The number of phosphoric ester groups is 1. The number of carboxylic acids is 1. The van der Waals surface area contributed by atoms with Crippen molar-refractivity contribution in [1.82, 2.24) is 0 Å². The highest BCUT2D eigenvalue weighted by molar-refractivity contribution is 7.47. The summed E-state index contributed by atoms with van der Waals surface area (Å²) in [6.07, 6.45) is 45.0. The van der Waals surface area contributed by atoms with Gasteiger partial charge in [0.25, 0.3) is 0 Å². The van der Waals surface area contributed by atoms with Crippen LogP contribution in [0.5, 0.6) is 0 Å². The number of nitrogens with two attached hydrogens (primary N) is 1. The van der Waals surface area contributed by atoms with Crippen molar-refractivity contribution in [3.8, 4) is 0 Å². The monoisotopic (exact) mass is 733 g/mol. The maximum absolute atomic E-state index is 12.5. The maximum Gasteiger partial charge on any atom is 0.472 e. The third kappa shape index (κ3) is 35.1. The van der Waals surface area contributed by atoms with E-state index in [9.17, 15) is 19.0 Å². The molecule has 0 heterocycles. The molecule has 0 aliphatic heterocycles. The smallest absolute Gasteiger partial charge is 0.472 e. The van der Waals surface area contributed by atoms with Gasteiger partial charge in [-0.15, -0.1) is 0 Å². The largest absolute Gasteiger partial charge is 0.480 e. The molecule has 10 nitrogen and oxygen atoms in total. The summed E-state index contributed by atoms with van der Waals surface area (Å²) >= 11 is 0. The molecule has 3 atom stereocenters. The lowest BCUT2D eigenvalue weighted by Gasteiger charge is -2.20. The topological polar surface area (TPSA) is 155 Å². The second kappa shape index (κ2) is 35.3. The third-order valence-electron chi connectivity index (χ3n) is 6.89. The van der Waals surface area contributed by atoms with Crippen LogP contribution in [0.3, 0.4) is 0 Å². The van der Waals surface area contributed by atoms with Crippen LogP contribution in [0, 0.1) is 0 Å². The zero-order chi connectivity index (χ0) is 37.7. The van der Waals surface area contributed by atoms with E-state index in [1.165, 1.54) is 0 Å². The van der Waals surface area contributed by atoms with E-state index in [4.69, 9.17) is 24.8 Å². The quantitative estimate of drug-likeness (QED) is 0.0257. The van der Waals surface area contributed by atoms with Gasteiger partial charge in [0.15, 0.2) is 0 Å². The molecule has 0 saturated heterocycles. The lowest BCUT2D eigenvalue weighted by Crippen LogP contribution is -2.34. The van der Waals surface area contributed by atoms with Gasteiger partial charge in [0.1, 0.15) is 12.1 Å². The Morgan fingerprint density at radius 2 is 1.08 bits per heavy atom. The molecule has 0 rings (SSSR count). The number of phosphoric acid groups is 1. The second-order valence-electron chi connectivity index (χ2n) is 11.6. The first-order valence-corrected chi connectivity index (χ1v) is 19.8. The molecule has 4 N–H and O–H groups in total. The highest BCUT2D eigenvalue weighted by Crippen LogP contribution is 2.43. The molecular formula is C40H64NO9P. The number of aliphatic carboxylic acids is 1. The number of rotatable bonds is 33. The van der Waals surface area contributed by atoms with E-state index in [0.717, 1.165) is 77.0 Å². The lowest BCUT2D eigenvalue weighted by molar-refractivity contribution is -0.153. The zero-order valence-electron chi connectivity index (χ0n) is 30.9. The predicted octanol–water partition coefficient (Wildman–Crippen LogP) is 9.41. The first-order valence-electron chi connectivity index (χ1n) is 18.3. The number of allylic oxidation sites excluding steroid dienone is 15. The van der Waals surface area contributed by atoms with Crippen LogP contribution in [0.1, 0.15) is 104 Å². The molecule has 0 aliphatic rings. The van der Waals surface area contributed by atoms with Crippen molar-refractivity contribution >= 4 is 19.8 Å². The molecule has 288 valence electrons. The minimum absolute atomic E-state index is 0.00576. The third-order valence-corrected chi connectivity index (χ3v) is 7.84. The van der Waals surface area contributed by atoms with Crippen molar-refractivity contribution in [2.45, 2.75) is 116 Å². The minimum atomic E-state index is -4.65. The number of carboxylic acid groups (broad SMARTS) is 1. The van der Waals surface area contributed by atoms with Crippen LogP contribution in [-0.2, 0) is 32.7 Å². The molecule has 0 aromatic rings. The van der Waals surface area contributed by atoms with Crippen molar-refractivity contribution in [3.63, 3.8) is 0 Å². The Bertz CT molecular complexity index is 1170. The Balaban J connectivity index is 4.55. The normalized spacial score (nSPS) is 15.2. The number of carbonyl (C=O) groups excluding carboxylic acids is 1. The summed E-state index contributed by atoms with van der Waals surface area (Å²) in [5, 5.41) is 8.86. The average Bonchev–Trinajstić information content (AvgIpc) is 3.10. The van der Waals surface area contributed by atoms with Gasteiger partial charge in [-0.05, 0) is 70.6 Å². The van der Waals surface area contributed by atoms with Crippen LogP contribution in [0.15, 0.2) is 97.2 Å². The van der Waals surface area contributed by atoms with Crippen molar-refractivity contribution in [2.75, 3.05) is 26.4 Å². The van der Waals surface area contributed by atoms with E-state index in [2.05, 4.69) is 97.4 Å². The van der Waals surface area contributed by atoms with Crippen LogP contribution >= 0.6 is 7.82 Å². The molecule has 0 amide bonds. The van der Waals surface area contributed by atoms with Gasteiger partial charge in [-0.2, -0.15) is 0 Å². The van der Waals surface area contributed by atoms with Crippen LogP contribution in [0.4, 0.5) is 0 Å². The maximum atomic E-state index is 12.5. The summed E-state index contributed by atoms with van der Waals surface area (Å²) in [6, 6.07) is -1.49. The van der Waals surface area contributed by atoms with Crippen molar-refractivity contribution in [3.05, 3.63) is 97.2 Å². The van der Waals surface area contributed by atoms with E-state index in [0.29, 0.717) is 13.0 Å². The summed E-state index contributed by atoms with van der Waals surface area (Å²) < 4.78 is 33.0. The molecule has 0 aromatic carbocycles. The number of hydrogen-bond acceptors (Lipinski definition) is 8. The average molecular weight is 734 g/mol. The van der Waals surface area contributed by atoms with E-state index in [1.54, 1.807) is 6.08 Å². The van der Waals surface area contributed by atoms with Crippen molar-refractivity contribution in [1.29, 1.82) is 0 Å². The fourth-order valence-electron chi connectivity index (χ4n) is 4.10. The lowest BCUT2D eigenvalue weighted by atomic mass is 10.1. The number of carbonyl (C=O) groups is 2. The van der Waals surface area contributed by atoms with Crippen molar-refractivity contribution in [2.24, 2.45) is 5.73 Å². The van der Waals surface area contributed by atoms with Gasteiger partial charge in [-0.25, -0.2) is 4.57 Å². The van der Waals surface area contributed by atoms with Crippen LogP contribution in [0.25, 0.3) is 0 Å². The molecule has 0 aliphatic carbocycles. The molecule has 3 unspecified atom stereocenters. The van der Waals surface area contributed by atoms with Gasteiger partial charge in [0.2, 0.25) is 0 Å². The van der Waals surface area contributed by atoms with Crippen LogP contribution in [-0.4, -0.2) is 60.5 Å². The molecule has 0 bridgehead atoms. The minimum Gasteiger partial charge on any atom is -0.480 e. The Labute approximate surface area is 307 Å². The first kappa shape index (κ1) is 47.9. The molecule has 0 saturated carbocycles. The van der Waals surface area contributed by atoms with E-state index < -0.39 is 45.1 Å². The van der Waals surface area contributed by atoms with Gasteiger partial charge < -0.3 is 25.2 Å². The van der Waals surface area contributed by atoms with Gasteiger partial charge >= 0.3 is 19.8 Å². The van der Waals surface area contributed by atoms with Gasteiger partial charge in [0, 0.05) is 6.61 Å². The molecule has 51 heavy (non-hydrogen) atoms. The van der Waals surface area contributed by atoms with Gasteiger partial charge in [0.05, 0.1) is 26.2 Å². The first-order chi connectivity index (χ1) is 24.7. The number of hydrogen-bond donors (Lipinski definition) is 3. The number of unbranched alkanes of at least 4 members (excludes halogenated alkanes) is 4. The number of ether oxygens (including phenoxy) is 2. The number of esters is 1. The molecule has 0 spiro atoms. The Hall–Kier alpha value is -3.11. The van der Waals surface area contributed by atoms with Crippen LogP contribution in [0.2, 0.25) is 0 Å². The van der Waals surface area contributed by atoms with Gasteiger partial charge in [-0.1, -0.05) is 124 Å². The zero-order valence-corrected chi connectivity index (χ0v) is 31.8. The predicted molar refractivity (Wildman–Crippen MR) is 207 cm³/mol. The van der Waals surface area contributed by atoms with Crippen molar-refractivity contribution < 1.29 is 42.7 Å². The fourth-order valence-corrected chi connectivity index (χ4v) is 4.88. The summed E-state index contributed by atoms with van der Waals surface area (Å²) in [5.41, 5.74) is 5.32. The molecule has 11 heteroatoms. The fraction of sp³-hybridized carbons (Fsp3) is 0.550. The molecule has 0 radical (unpaired) electrons. The SMILES string of the molecule is CC/C=C\C/C=C\C/C=C\C/C=C\C/C=C\CC(=O)OC(COCCCCCC/C=C\C/C=C\C/C=C\CC)COP(=O)(O)OCC(N)C(=O)O. The summed E-state index contributed by atoms with van der Waals surface area (Å²) in [7, 11) is -4.65.